The molecule has 0 aliphatic carbocycles. The number of rotatable bonds is 8. The van der Waals surface area contributed by atoms with E-state index >= 15 is 0 Å². The van der Waals surface area contributed by atoms with Crippen LogP contribution >= 0.6 is 0 Å². The number of primary amides is 1. The highest BCUT2D eigenvalue weighted by Gasteiger charge is 2.00. The Balaban J connectivity index is 3.28. The van der Waals surface area contributed by atoms with Gasteiger partial charge in [0, 0.05) is 25.6 Å². The number of urea groups is 1. The van der Waals surface area contributed by atoms with E-state index in [0.29, 0.717) is 25.6 Å². The van der Waals surface area contributed by atoms with Gasteiger partial charge in [-0.15, -0.1) is 0 Å². The second-order valence-electron chi connectivity index (χ2n) is 3.85. The van der Waals surface area contributed by atoms with Crippen LogP contribution in [0.2, 0.25) is 0 Å². The Hall–Kier alpha value is -1.30. The van der Waals surface area contributed by atoms with Crippen LogP contribution in [0.4, 0.5) is 4.79 Å². The van der Waals surface area contributed by atoms with Crippen LogP contribution in [0.3, 0.4) is 0 Å². The molecule has 0 unspecified atom stereocenters. The Bertz CT molecular complexity index is 219. The van der Waals surface area contributed by atoms with E-state index in [2.05, 4.69) is 29.8 Å². The minimum absolute atomic E-state index is 0.00294. The fraction of sp³-hybridized carbons (Fsp3) is 0.800. The second kappa shape index (κ2) is 8.96. The molecule has 5 N–H and O–H groups in total. The van der Waals surface area contributed by atoms with E-state index in [1.54, 1.807) is 0 Å². The van der Waals surface area contributed by atoms with Crippen LogP contribution in [0.1, 0.15) is 26.7 Å². The van der Waals surface area contributed by atoms with E-state index in [4.69, 9.17) is 5.73 Å². The fourth-order valence-electron chi connectivity index (χ4n) is 1.12. The summed E-state index contributed by atoms with van der Waals surface area (Å²) in [6.07, 6.45) is 1.31. The monoisotopic (exact) mass is 230 g/mol. The van der Waals surface area contributed by atoms with Crippen LogP contribution in [0.25, 0.3) is 0 Å². The predicted octanol–water partition coefficient (Wildman–Crippen LogP) is -0.451. The molecule has 6 nitrogen and oxygen atoms in total. The first-order chi connectivity index (χ1) is 7.52. The molecule has 0 rings (SSSR count). The first-order valence-corrected chi connectivity index (χ1v) is 5.55. The Morgan fingerprint density at radius 2 is 1.75 bits per heavy atom. The number of hydrogen-bond acceptors (Lipinski definition) is 3. The molecule has 0 fully saturated rings. The minimum atomic E-state index is -0.574. The van der Waals surface area contributed by atoms with Gasteiger partial charge < -0.3 is 21.7 Å². The maximum absolute atomic E-state index is 11.2. The highest BCUT2D eigenvalue weighted by molar-refractivity contribution is 5.76. The Morgan fingerprint density at radius 1 is 1.12 bits per heavy atom. The molecule has 0 aromatic carbocycles. The first kappa shape index (κ1) is 14.7. The molecule has 3 amide bonds. The summed E-state index contributed by atoms with van der Waals surface area (Å²) in [6, 6.07) is -0.127. The van der Waals surface area contributed by atoms with E-state index in [1.807, 2.05) is 0 Å². The van der Waals surface area contributed by atoms with Gasteiger partial charge >= 0.3 is 6.03 Å². The van der Waals surface area contributed by atoms with Crippen molar-refractivity contribution in [2.75, 3.05) is 19.6 Å². The first-order valence-electron chi connectivity index (χ1n) is 5.55. The van der Waals surface area contributed by atoms with Crippen LogP contribution in [0.15, 0.2) is 0 Å². The highest BCUT2D eigenvalue weighted by atomic mass is 16.2. The molecule has 6 heteroatoms. The third-order valence-electron chi connectivity index (χ3n) is 1.88. The Labute approximate surface area is 96.3 Å². The van der Waals surface area contributed by atoms with Crippen molar-refractivity contribution in [1.29, 1.82) is 0 Å². The lowest BCUT2D eigenvalue weighted by molar-refractivity contribution is -0.121. The molecular formula is C10H22N4O2. The van der Waals surface area contributed by atoms with Crippen molar-refractivity contribution in [2.24, 2.45) is 5.73 Å². The maximum atomic E-state index is 11.2. The summed E-state index contributed by atoms with van der Waals surface area (Å²) in [4.78, 5) is 21.6. The Kier molecular flexibility index (Phi) is 8.24. The molecule has 0 aliphatic heterocycles. The van der Waals surface area contributed by atoms with Crippen molar-refractivity contribution in [3.8, 4) is 0 Å². The molecule has 94 valence electrons. The number of amides is 3. The molecule has 0 saturated carbocycles. The van der Waals surface area contributed by atoms with Crippen LogP contribution in [-0.2, 0) is 4.79 Å². The normalized spacial score (nSPS) is 10.2. The van der Waals surface area contributed by atoms with Crippen molar-refractivity contribution in [1.82, 2.24) is 16.0 Å². The summed E-state index contributed by atoms with van der Waals surface area (Å²) in [7, 11) is 0. The van der Waals surface area contributed by atoms with Crippen molar-refractivity contribution in [2.45, 2.75) is 32.7 Å². The molecule has 0 atom stereocenters. The van der Waals surface area contributed by atoms with Gasteiger partial charge in [-0.2, -0.15) is 0 Å². The molecule has 0 radical (unpaired) electrons. The Morgan fingerprint density at radius 3 is 2.31 bits per heavy atom. The van der Waals surface area contributed by atoms with Gasteiger partial charge in [-0.3, -0.25) is 4.79 Å². The number of carbonyl (C=O) groups excluding carboxylic acids is 2. The summed E-state index contributed by atoms with van der Waals surface area (Å²) >= 11 is 0. The zero-order chi connectivity index (χ0) is 12.4. The second-order valence-corrected chi connectivity index (χ2v) is 3.85. The molecule has 0 bridgehead atoms. The van der Waals surface area contributed by atoms with Gasteiger partial charge in [0.15, 0.2) is 0 Å². The topological polar surface area (TPSA) is 96.2 Å². The number of hydrogen-bond donors (Lipinski definition) is 4. The minimum Gasteiger partial charge on any atom is -0.354 e. The van der Waals surface area contributed by atoms with Crippen molar-refractivity contribution in [3.05, 3.63) is 0 Å². The standard InChI is InChI=1S/C10H22N4O2/c1-8(2)12-5-3-4-9(15)13-6-7-14-10(11)16/h8,12H,3-7H2,1-2H3,(H,13,15)(H3,11,14,16). The third-order valence-corrected chi connectivity index (χ3v) is 1.88. The molecule has 0 aromatic rings. The van der Waals surface area contributed by atoms with Crippen molar-refractivity contribution >= 4 is 11.9 Å². The summed E-state index contributed by atoms with van der Waals surface area (Å²) in [5, 5.41) is 8.31. The molecular weight excluding hydrogens is 208 g/mol. The van der Waals surface area contributed by atoms with Gasteiger partial charge in [-0.05, 0) is 13.0 Å². The molecule has 0 heterocycles. The summed E-state index contributed by atoms with van der Waals surface area (Å²) in [6.45, 7) is 5.75. The van der Waals surface area contributed by atoms with Crippen LogP contribution in [-0.4, -0.2) is 37.6 Å². The van der Waals surface area contributed by atoms with E-state index < -0.39 is 6.03 Å². The van der Waals surface area contributed by atoms with E-state index in [0.717, 1.165) is 13.0 Å². The lowest BCUT2D eigenvalue weighted by Gasteiger charge is -2.08. The van der Waals surface area contributed by atoms with Gasteiger partial charge in [0.05, 0.1) is 0 Å². The average Bonchev–Trinajstić information content (AvgIpc) is 2.19. The average molecular weight is 230 g/mol. The van der Waals surface area contributed by atoms with Crippen molar-refractivity contribution in [3.63, 3.8) is 0 Å². The summed E-state index contributed by atoms with van der Waals surface area (Å²) < 4.78 is 0. The number of nitrogens with two attached hydrogens (primary N) is 1. The maximum Gasteiger partial charge on any atom is 0.312 e. The summed E-state index contributed by atoms with van der Waals surface area (Å²) in [5.41, 5.74) is 4.86. The quantitative estimate of drug-likeness (QED) is 0.425. The SMILES string of the molecule is CC(C)NCCCC(=O)NCCNC(N)=O. The zero-order valence-corrected chi connectivity index (χ0v) is 10.0. The highest BCUT2D eigenvalue weighted by Crippen LogP contribution is 1.88. The molecule has 0 aliphatic rings. The van der Waals surface area contributed by atoms with Gasteiger partial charge in [0.2, 0.25) is 5.91 Å². The van der Waals surface area contributed by atoms with Crippen LogP contribution < -0.4 is 21.7 Å². The molecule has 0 spiro atoms. The summed E-state index contributed by atoms with van der Waals surface area (Å²) in [5.74, 6) is -0.00294. The van der Waals surface area contributed by atoms with Crippen LogP contribution in [0.5, 0.6) is 0 Å². The lowest BCUT2D eigenvalue weighted by atomic mass is 10.2. The molecule has 16 heavy (non-hydrogen) atoms. The van der Waals surface area contributed by atoms with Gasteiger partial charge in [0.1, 0.15) is 0 Å². The predicted molar refractivity (Wildman–Crippen MR) is 63.0 cm³/mol. The third kappa shape index (κ3) is 10.8. The van der Waals surface area contributed by atoms with Gasteiger partial charge in [-0.25, -0.2) is 4.79 Å². The van der Waals surface area contributed by atoms with Crippen LogP contribution in [0, 0.1) is 0 Å². The van der Waals surface area contributed by atoms with E-state index in [1.165, 1.54) is 0 Å². The largest absolute Gasteiger partial charge is 0.354 e. The molecule has 0 saturated heterocycles. The van der Waals surface area contributed by atoms with Gasteiger partial charge in [0.25, 0.3) is 0 Å². The fourth-order valence-corrected chi connectivity index (χ4v) is 1.12. The molecule has 0 aromatic heterocycles. The lowest BCUT2D eigenvalue weighted by Crippen LogP contribution is -2.37. The van der Waals surface area contributed by atoms with Crippen molar-refractivity contribution < 1.29 is 9.59 Å². The van der Waals surface area contributed by atoms with E-state index in [9.17, 15) is 9.59 Å². The number of nitrogens with one attached hydrogen (secondary N) is 3. The van der Waals surface area contributed by atoms with Gasteiger partial charge in [-0.1, -0.05) is 13.8 Å². The number of carbonyl (C=O) groups is 2. The van der Waals surface area contributed by atoms with E-state index in [-0.39, 0.29) is 5.91 Å². The smallest absolute Gasteiger partial charge is 0.312 e. The zero-order valence-electron chi connectivity index (χ0n) is 10.0.